The second kappa shape index (κ2) is 13.9. The molecular weight excluding hydrogens is 287 g/mol. The summed E-state index contributed by atoms with van der Waals surface area (Å²) in [6, 6.07) is 0. The van der Waals surface area contributed by atoms with E-state index in [0.717, 1.165) is 13.2 Å². The largest absolute Gasteiger partial charge is 0.498 e. The monoisotopic (exact) mass is 326 g/mol. The van der Waals surface area contributed by atoms with Crippen molar-refractivity contribution in [2.24, 2.45) is 5.92 Å². The van der Waals surface area contributed by atoms with Crippen LogP contribution in [0.1, 0.15) is 85.0 Å². The predicted octanol–water partition coefficient (Wildman–Crippen LogP) is 5.97. The lowest BCUT2D eigenvalue weighted by atomic mass is 9.97. The van der Waals surface area contributed by atoms with Crippen molar-refractivity contribution in [3.63, 3.8) is 0 Å². The Bertz CT molecular complexity index is 230. The van der Waals surface area contributed by atoms with Crippen LogP contribution in [0.2, 0.25) is 10.6 Å². The first-order valence-electron chi connectivity index (χ1n) is 10.0. The molecule has 0 aliphatic carbocycles. The summed E-state index contributed by atoms with van der Waals surface area (Å²) < 4.78 is 12.3. The Labute approximate surface area is 144 Å². The number of hydrogen-bond donors (Lipinski definition) is 0. The van der Waals surface area contributed by atoms with E-state index in [4.69, 9.17) is 8.53 Å². The van der Waals surface area contributed by atoms with Crippen LogP contribution in [0.3, 0.4) is 0 Å². The SMILES string of the molecule is CCCCC[CH2][Al]([CH2]CCCCC)[O]C(C)C1CCCOC1. The first kappa shape index (κ1) is 20.5. The van der Waals surface area contributed by atoms with Crippen molar-refractivity contribution in [1.29, 1.82) is 0 Å². The summed E-state index contributed by atoms with van der Waals surface area (Å²) in [5.74, 6) is 0.648. The molecule has 0 N–H and O–H groups in total. The van der Waals surface area contributed by atoms with Gasteiger partial charge in [-0.05, 0) is 19.8 Å². The van der Waals surface area contributed by atoms with Gasteiger partial charge in [-0.3, -0.25) is 0 Å². The van der Waals surface area contributed by atoms with Crippen LogP contribution in [-0.2, 0) is 8.53 Å². The maximum Gasteiger partial charge on any atom is 0.460 e. The average molecular weight is 327 g/mol. The topological polar surface area (TPSA) is 18.5 Å². The third-order valence-electron chi connectivity index (χ3n) is 5.03. The minimum absolute atomic E-state index is 0.425. The highest BCUT2D eigenvalue weighted by atomic mass is 27.2. The van der Waals surface area contributed by atoms with Crippen molar-refractivity contribution in [2.75, 3.05) is 13.2 Å². The van der Waals surface area contributed by atoms with Crippen molar-refractivity contribution >= 4 is 14.5 Å². The molecule has 2 nitrogen and oxygen atoms in total. The van der Waals surface area contributed by atoms with Crippen LogP contribution in [0.25, 0.3) is 0 Å². The molecule has 0 spiro atoms. The predicted molar refractivity (Wildman–Crippen MR) is 97.7 cm³/mol. The molecule has 0 aromatic rings. The number of hydrogen-bond acceptors (Lipinski definition) is 2. The van der Waals surface area contributed by atoms with Gasteiger partial charge in [0, 0.05) is 18.6 Å². The van der Waals surface area contributed by atoms with Gasteiger partial charge in [-0.2, -0.15) is 0 Å². The number of ether oxygens (including phenoxy) is 1. The van der Waals surface area contributed by atoms with E-state index in [1.807, 2.05) is 0 Å². The van der Waals surface area contributed by atoms with E-state index in [-0.39, 0.29) is 0 Å². The molecule has 0 amide bonds. The number of rotatable bonds is 13. The second-order valence-electron chi connectivity index (χ2n) is 7.14. The lowest BCUT2D eigenvalue weighted by Crippen LogP contribution is -2.34. The van der Waals surface area contributed by atoms with Gasteiger partial charge in [0.15, 0.2) is 0 Å². The van der Waals surface area contributed by atoms with Crippen LogP contribution in [0.5, 0.6) is 0 Å². The third-order valence-corrected chi connectivity index (χ3v) is 7.94. The summed E-state index contributed by atoms with van der Waals surface area (Å²) in [4.78, 5) is 0. The normalized spacial score (nSPS) is 20.0. The van der Waals surface area contributed by atoms with Crippen LogP contribution >= 0.6 is 0 Å². The zero-order valence-electron chi connectivity index (χ0n) is 15.4. The molecule has 1 saturated heterocycles. The van der Waals surface area contributed by atoms with Crippen molar-refractivity contribution in [1.82, 2.24) is 0 Å². The quantitative estimate of drug-likeness (QED) is 0.306. The van der Waals surface area contributed by atoms with Crippen LogP contribution in [0.15, 0.2) is 0 Å². The van der Waals surface area contributed by atoms with Crippen LogP contribution in [-0.4, -0.2) is 33.8 Å². The Balaban J connectivity index is 2.30. The molecule has 0 radical (unpaired) electrons. The standard InChI is InChI=1S/C7H13O2.2C6H13.Al/c1-6(8)7-3-2-4-9-5-7;2*1-3-5-6-4-2;/h6-7H,2-5H2,1H3;2*1,3-6H2,2H3;/q-1;;;+1. The molecule has 1 aliphatic rings. The average Bonchev–Trinajstić information content (AvgIpc) is 2.56. The van der Waals surface area contributed by atoms with Crippen molar-refractivity contribution < 1.29 is 8.53 Å². The van der Waals surface area contributed by atoms with E-state index in [0.29, 0.717) is 12.0 Å². The van der Waals surface area contributed by atoms with Gasteiger partial charge in [0.1, 0.15) is 0 Å². The maximum absolute atomic E-state index is 6.61. The highest BCUT2D eigenvalue weighted by Crippen LogP contribution is 2.23. The van der Waals surface area contributed by atoms with Crippen molar-refractivity contribution in [3.8, 4) is 0 Å². The van der Waals surface area contributed by atoms with E-state index in [2.05, 4.69) is 20.8 Å². The van der Waals surface area contributed by atoms with E-state index in [1.165, 1.54) is 74.8 Å². The van der Waals surface area contributed by atoms with E-state index in [1.54, 1.807) is 0 Å². The Morgan fingerprint density at radius 3 is 2.14 bits per heavy atom. The Morgan fingerprint density at radius 2 is 1.64 bits per heavy atom. The van der Waals surface area contributed by atoms with E-state index in [9.17, 15) is 0 Å². The summed E-state index contributed by atoms with van der Waals surface area (Å²) in [5, 5.41) is 2.79. The summed E-state index contributed by atoms with van der Waals surface area (Å²) in [6.45, 7) is 8.77. The molecule has 2 atom stereocenters. The van der Waals surface area contributed by atoms with Crippen LogP contribution < -0.4 is 0 Å². The minimum Gasteiger partial charge on any atom is -0.498 e. The van der Waals surface area contributed by atoms with Crippen LogP contribution in [0, 0.1) is 5.92 Å². The Hall–Kier alpha value is 0.452. The second-order valence-corrected chi connectivity index (χ2v) is 9.81. The molecule has 0 saturated carbocycles. The van der Waals surface area contributed by atoms with Gasteiger partial charge < -0.3 is 8.53 Å². The molecule has 1 fully saturated rings. The van der Waals surface area contributed by atoms with E-state index >= 15 is 0 Å². The van der Waals surface area contributed by atoms with E-state index < -0.39 is 14.5 Å². The van der Waals surface area contributed by atoms with Gasteiger partial charge in [-0.1, -0.05) is 75.8 Å². The van der Waals surface area contributed by atoms with Crippen LogP contribution in [0.4, 0.5) is 0 Å². The highest BCUT2D eigenvalue weighted by Gasteiger charge is 2.27. The molecule has 1 heterocycles. The lowest BCUT2D eigenvalue weighted by molar-refractivity contribution is 0.00569. The van der Waals surface area contributed by atoms with Gasteiger partial charge in [0.25, 0.3) is 0 Å². The van der Waals surface area contributed by atoms with Gasteiger partial charge in [-0.25, -0.2) is 0 Å². The minimum atomic E-state index is -1.00. The fourth-order valence-corrected chi connectivity index (χ4v) is 6.31. The van der Waals surface area contributed by atoms with Gasteiger partial charge in [-0.15, -0.1) is 0 Å². The molecule has 0 aromatic heterocycles. The summed E-state index contributed by atoms with van der Waals surface area (Å²) >= 11 is -1.00. The molecule has 3 heteroatoms. The fourth-order valence-electron chi connectivity index (χ4n) is 3.43. The Morgan fingerprint density at radius 1 is 1.00 bits per heavy atom. The fraction of sp³-hybridized carbons (Fsp3) is 1.00. The first-order valence-corrected chi connectivity index (χ1v) is 12.1. The van der Waals surface area contributed by atoms with Gasteiger partial charge >= 0.3 is 14.5 Å². The zero-order chi connectivity index (χ0) is 16.0. The Kier molecular flexibility index (Phi) is 12.9. The molecular formula is C19H39AlO2. The van der Waals surface area contributed by atoms with Gasteiger partial charge in [0.2, 0.25) is 0 Å². The van der Waals surface area contributed by atoms with Crippen molar-refractivity contribution in [3.05, 3.63) is 0 Å². The lowest BCUT2D eigenvalue weighted by Gasteiger charge is -2.30. The number of unbranched alkanes of at least 4 members (excludes halogenated alkanes) is 6. The zero-order valence-corrected chi connectivity index (χ0v) is 16.6. The third kappa shape index (κ3) is 9.56. The molecule has 1 aliphatic heterocycles. The maximum atomic E-state index is 6.61. The summed E-state index contributed by atoms with van der Waals surface area (Å²) in [5.41, 5.74) is 0. The summed E-state index contributed by atoms with van der Waals surface area (Å²) in [6.07, 6.45) is 14.0. The molecule has 2 unspecified atom stereocenters. The molecule has 0 aromatic carbocycles. The van der Waals surface area contributed by atoms with Gasteiger partial charge in [0.05, 0.1) is 6.61 Å². The molecule has 130 valence electrons. The van der Waals surface area contributed by atoms with Crippen molar-refractivity contribution in [2.45, 2.75) is 102 Å². The first-order chi connectivity index (χ1) is 10.8. The molecule has 22 heavy (non-hydrogen) atoms. The molecule has 0 bridgehead atoms. The highest BCUT2D eigenvalue weighted by molar-refractivity contribution is 6.51. The summed E-state index contributed by atoms with van der Waals surface area (Å²) in [7, 11) is 0. The smallest absolute Gasteiger partial charge is 0.460 e. The molecule has 1 rings (SSSR count).